The molecule has 0 bridgehead atoms. The topological polar surface area (TPSA) is 58.2 Å². The smallest absolute Gasteiger partial charge is 0.239 e. The number of amides is 2. The van der Waals surface area contributed by atoms with Gasteiger partial charge in [0.1, 0.15) is 4.32 Å². The number of carbonyl (C=O) groups is 2. The molecule has 0 saturated carbocycles. The van der Waals surface area contributed by atoms with Gasteiger partial charge in [-0.2, -0.15) is 0 Å². The highest BCUT2D eigenvalue weighted by molar-refractivity contribution is 8.24. The second kappa shape index (κ2) is 5.62. The first-order chi connectivity index (χ1) is 8.95. The molecule has 1 atom stereocenters. The van der Waals surface area contributed by atoms with Crippen LogP contribution in [-0.2, 0) is 9.59 Å². The standard InChI is InChI=1S/C11H8F2N2O2S2/c12-6-2-1-5(3-7(6)13)14-9(16)4-8-10(17)15-11(18)19-8/h1-3,8H,4H2,(H,14,16)(H,15,17,18)/t8-/m1/s1. The quantitative estimate of drug-likeness (QED) is 0.836. The maximum Gasteiger partial charge on any atom is 0.239 e. The van der Waals surface area contributed by atoms with E-state index in [0.29, 0.717) is 4.32 Å². The molecule has 19 heavy (non-hydrogen) atoms. The molecular formula is C11H8F2N2O2S2. The number of nitrogens with one attached hydrogen (secondary N) is 2. The minimum Gasteiger partial charge on any atom is -0.326 e. The Labute approximate surface area is 116 Å². The zero-order valence-corrected chi connectivity index (χ0v) is 11.0. The monoisotopic (exact) mass is 302 g/mol. The van der Waals surface area contributed by atoms with Crippen molar-refractivity contribution in [2.45, 2.75) is 11.7 Å². The molecule has 0 aliphatic carbocycles. The lowest BCUT2D eigenvalue weighted by Gasteiger charge is -2.07. The molecule has 1 heterocycles. The van der Waals surface area contributed by atoms with E-state index in [9.17, 15) is 18.4 Å². The van der Waals surface area contributed by atoms with Crippen molar-refractivity contribution in [3.63, 3.8) is 0 Å². The van der Waals surface area contributed by atoms with Crippen molar-refractivity contribution in [3.05, 3.63) is 29.8 Å². The van der Waals surface area contributed by atoms with E-state index in [2.05, 4.69) is 10.6 Å². The van der Waals surface area contributed by atoms with Gasteiger partial charge in [0.05, 0.1) is 5.25 Å². The van der Waals surface area contributed by atoms with Gasteiger partial charge in [0.15, 0.2) is 11.6 Å². The molecule has 0 spiro atoms. The maximum absolute atomic E-state index is 12.9. The number of anilines is 1. The maximum atomic E-state index is 12.9. The Morgan fingerprint density at radius 1 is 1.42 bits per heavy atom. The molecule has 1 saturated heterocycles. The van der Waals surface area contributed by atoms with Crippen molar-refractivity contribution in [2.75, 3.05) is 5.32 Å². The largest absolute Gasteiger partial charge is 0.326 e. The number of hydrogen-bond donors (Lipinski definition) is 2. The Morgan fingerprint density at radius 2 is 2.16 bits per heavy atom. The summed E-state index contributed by atoms with van der Waals surface area (Å²) >= 11 is 5.89. The van der Waals surface area contributed by atoms with Gasteiger partial charge >= 0.3 is 0 Å². The molecule has 2 N–H and O–H groups in total. The molecule has 1 aromatic rings. The number of carbonyl (C=O) groups excluding carboxylic acids is 2. The van der Waals surface area contributed by atoms with Crippen LogP contribution in [0.5, 0.6) is 0 Å². The van der Waals surface area contributed by atoms with Crippen LogP contribution in [0.3, 0.4) is 0 Å². The summed E-state index contributed by atoms with van der Waals surface area (Å²) in [4.78, 5) is 23.0. The molecule has 0 unspecified atom stereocenters. The van der Waals surface area contributed by atoms with E-state index in [4.69, 9.17) is 12.2 Å². The normalized spacial score (nSPS) is 18.3. The van der Waals surface area contributed by atoms with Gasteiger partial charge in [0.2, 0.25) is 11.8 Å². The molecule has 1 aromatic carbocycles. The third-order valence-electron chi connectivity index (χ3n) is 2.34. The Morgan fingerprint density at radius 3 is 2.74 bits per heavy atom. The molecule has 1 aliphatic rings. The van der Waals surface area contributed by atoms with Gasteiger partial charge in [0.25, 0.3) is 0 Å². The van der Waals surface area contributed by atoms with Crippen LogP contribution in [0.2, 0.25) is 0 Å². The average molecular weight is 302 g/mol. The van der Waals surface area contributed by atoms with Gasteiger partial charge < -0.3 is 10.6 Å². The van der Waals surface area contributed by atoms with Gasteiger partial charge in [0, 0.05) is 18.2 Å². The first kappa shape index (κ1) is 13.9. The third kappa shape index (κ3) is 3.48. The Bertz CT molecular complexity index is 566. The Balaban J connectivity index is 1.96. The number of thioether (sulfide) groups is 1. The fraction of sp³-hybridized carbons (Fsp3) is 0.182. The van der Waals surface area contributed by atoms with Crippen molar-refractivity contribution in [1.82, 2.24) is 5.32 Å². The summed E-state index contributed by atoms with van der Waals surface area (Å²) in [5, 5.41) is 4.22. The van der Waals surface area contributed by atoms with E-state index in [0.717, 1.165) is 23.9 Å². The highest BCUT2D eigenvalue weighted by Gasteiger charge is 2.30. The number of halogens is 2. The lowest BCUT2D eigenvalue weighted by molar-refractivity contribution is -0.122. The van der Waals surface area contributed by atoms with Crippen LogP contribution in [-0.4, -0.2) is 21.4 Å². The summed E-state index contributed by atoms with van der Waals surface area (Å²) in [7, 11) is 0. The molecule has 8 heteroatoms. The molecule has 2 amide bonds. The van der Waals surface area contributed by atoms with Gasteiger partial charge in [-0.1, -0.05) is 24.0 Å². The van der Waals surface area contributed by atoms with Crippen LogP contribution in [0, 0.1) is 11.6 Å². The van der Waals surface area contributed by atoms with Crippen LogP contribution in [0.25, 0.3) is 0 Å². The highest BCUT2D eigenvalue weighted by atomic mass is 32.2. The molecule has 2 rings (SSSR count). The Hall–Kier alpha value is -1.54. The molecule has 4 nitrogen and oxygen atoms in total. The molecular weight excluding hydrogens is 294 g/mol. The van der Waals surface area contributed by atoms with Crippen LogP contribution < -0.4 is 10.6 Å². The lowest BCUT2D eigenvalue weighted by atomic mass is 10.2. The minimum atomic E-state index is -1.05. The number of thiocarbonyl (C=S) groups is 1. The predicted octanol–water partition coefficient (Wildman–Crippen LogP) is 1.81. The first-order valence-corrected chi connectivity index (χ1v) is 6.51. The van der Waals surface area contributed by atoms with E-state index in [1.807, 2.05) is 0 Å². The molecule has 1 aliphatic heterocycles. The summed E-state index contributed by atoms with van der Waals surface area (Å²) in [6.07, 6.45) is -0.0877. The summed E-state index contributed by atoms with van der Waals surface area (Å²) in [6, 6.07) is 3.03. The highest BCUT2D eigenvalue weighted by Crippen LogP contribution is 2.23. The van der Waals surface area contributed by atoms with E-state index < -0.39 is 22.8 Å². The van der Waals surface area contributed by atoms with Crippen molar-refractivity contribution < 1.29 is 18.4 Å². The van der Waals surface area contributed by atoms with Gasteiger partial charge in [-0.25, -0.2) is 8.78 Å². The van der Waals surface area contributed by atoms with Crippen molar-refractivity contribution in [1.29, 1.82) is 0 Å². The van der Waals surface area contributed by atoms with Crippen LogP contribution in [0.4, 0.5) is 14.5 Å². The van der Waals surface area contributed by atoms with E-state index in [-0.39, 0.29) is 18.0 Å². The fourth-order valence-electron chi connectivity index (χ4n) is 1.48. The lowest BCUT2D eigenvalue weighted by Crippen LogP contribution is -2.27. The number of benzene rings is 1. The van der Waals surface area contributed by atoms with Gasteiger partial charge in [-0.15, -0.1) is 0 Å². The number of rotatable bonds is 3. The van der Waals surface area contributed by atoms with E-state index in [1.54, 1.807) is 0 Å². The first-order valence-electron chi connectivity index (χ1n) is 5.22. The van der Waals surface area contributed by atoms with Crippen LogP contribution in [0.1, 0.15) is 6.42 Å². The predicted molar refractivity (Wildman–Crippen MR) is 71.7 cm³/mol. The molecule has 0 radical (unpaired) electrons. The number of hydrogen-bond acceptors (Lipinski definition) is 4. The third-order valence-corrected chi connectivity index (χ3v) is 3.71. The van der Waals surface area contributed by atoms with E-state index in [1.165, 1.54) is 6.07 Å². The summed E-state index contributed by atoms with van der Waals surface area (Å²) in [5.74, 6) is -2.83. The van der Waals surface area contributed by atoms with Crippen LogP contribution in [0.15, 0.2) is 18.2 Å². The van der Waals surface area contributed by atoms with Crippen LogP contribution >= 0.6 is 24.0 Å². The van der Waals surface area contributed by atoms with Crippen molar-refractivity contribution in [3.8, 4) is 0 Å². The fourth-order valence-corrected chi connectivity index (χ4v) is 2.75. The van der Waals surface area contributed by atoms with E-state index >= 15 is 0 Å². The molecule has 100 valence electrons. The average Bonchev–Trinajstić information content (AvgIpc) is 2.62. The van der Waals surface area contributed by atoms with Crippen molar-refractivity contribution in [2.24, 2.45) is 0 Å². The summed E-state index contributed by atoms with van der Waals surface area (Å²) < 4.78 is 26.0. The second-order valence-corrected chi connectivity index (χ2v) is 5.64. The minimum absolute atomic E-state index is 0.0877. The zero-order valence-electron chi connectivity index (χ0n) is 9.41. The summed E-state index contributed by atoms with van der Waals surface area (Å²) in [5.41, 5.74) is 0.134. The zero-order chi connectivity index (χ0) is 14.0. The Kier molecular flexibility index (Phi) is 4.11. The SMILES string of the molecule is O=C(C[C@H]1SC(=S)NC1=O)Nc1ccc(F)c(F)c1. The van der Waals surface area contributed by atoms with Gasteiger partial charge in [-0.05, 0) is 12.1 Å². The molecule has 0 aromatic heterocycles. The van der Waals surface area contributed by atoms with Gasteiger partial charge in [-0.3, -0.25) is 9.59 Å². The molecule has 1 fully saturated rings. The summed E-state index contributed by atoms with van der Waals surface area (Å²) in [6.45, 7) is 0. The van der Waals surface area contributed by atoms with Crippen molar-refractivity contribution >= 4 is 45.8 Å². The second-order valence-electron chi connectivity index (χ2n) is 3.76.